The number of alkyl halides is 3. The molecule has 21 heavy (non-hydrogen) atoms. The number of amides is 1. The molecule has 3 nitrogen and oxygen atoms in total. The van der Waals surface area contributed by atoms with Crippen LogP contribution >= 0.6 is 12.4 Å². The number of hydrogen-bond donors (Lipinski definition) is 2. The molecule has 0 heterocycles. The monoisotopic (exact) mass is 324 g/mol. The number of benzene rings is 1. The van der Waals surface area contributed by atoms with Crippen molar-refractivity contribution in [1.82, 2.24) is 5.32 Å². The molecule has 1 aromatic carbocycles. The van der Waals surface area contributed by atoms with E-state index in [9.17, 15) is 18.0 Å². The first kappa shape index (κ1) is 19.7. The molecule has 0 aromatic heterocycles. The van der Waals surface area contributed by atoms with Crippen LogP contribution < -0.4 is 11.1 Å². The van der Waals surface area contributed by atoms with E-state index in [0.29, 0.717) is 6.54 Å². The van der Waals surface area contributed by atoms with Gasteiger partial charge in [0.2, 0.25) is 5.91 Å². The van der Waals surface area contributed by atoms with Gasteiger partial charge in [0.25, 0.3) is 0 Å². The fourth-order valence-electron chi connectivity index (χ4n) is 1.74. The molecule has 0 radical (unpaired) electrons. The zero-order chi connectivity index (χ0) is 15.2. The summed E-state index contributed by atoms with van der Waals surface area (Å²) in [6.07, 6.45) is -5.05. The van der Waals surface area contributed by atoms with Gasteiger partial charge >= 0.3 is 6.18 Å². The number of nitrogens with one attached hydrogen (secondary N) is 1. The van der Waals surface area contributed by atoms with Gasteiger partial charge in [-0.1, -0.05) is 37.3 Å². The molecule has 1 rings (SSSR count). The fraction of sp³-hybridized carbons (Fsp3) is 0.500. The van der Waals surface area contributed by atoms with Crippen LogP contribution in [-0.2, 0) is 4.79 Å². The van der Waals surface area contributed by atoms with Crippen molar-refractivity contribution in [3.05, 3.63) is 35.9 Å². The van der Waals surface area contributed by atoms with Crippen molar-refractivity contribution in [1.29, 1.82) is 0 Å². The Balaban J connectivity index is 0.00000400. The zero-order valence-electron chi connectivity index (χ0n) is 11.7. The quantitative estimate of drug-likeness (QED) is 0.845. The number of carbonyl (C=O) groups excluding carboxylic acids is 1. The molecule has 2 atom stereocenters. The molecule has 0 aliphatic heterocycles. The lowest BCUT2D eigenvalue weighted by Crippen LogP contribution is -2.34. The van der Waals surface area contributed by atoms with E-state index in [-0.39, 0.29) is 30.4 Å². The second kappa shape index (κ2) is 8.89. The highest BCUT2D eigenvalue weighted by molar-refractivity contribution is 5.85. The fourth-order valence-corrected chi connectivity index (χ4v) is 1.74. The van der Waals surface area contributed by atoms with Crippen LogP contribution in [0, 0.1) is 5.92 Å². The molecule has 1 aromatic rings. The molecule has 2 unspecified atom stereocenters. The molecule has 0 saturated carbocycles. The summed E-state index contributed by atoms with van der Waals surface area (Å²) in [5.41, 5.74) is 5.49. The van der Waals surface area contributed by atoms with E-state index in [1.165, 1.54) is 24.3 Å². The first-order valence-corrected chi connectivity index (χ1v) is 6.43. The lowest BCUT2D eigenvalue weighted by atomic mass is 9.94. The summed E-state index contributed by atoms with van der Waals surface area (Å²) in [6, 6.07) is 7.47. The van der Waals surface area contributed by atoms with E-state index < -0.39 is 24.4 Å². The molecule has 0 fully saturated rings. The smallest absolute Gasteiger partial charge is 0.356 e. The van der Waals surface area contributed by atoms with Gasteiger partial charge in [0.1, 0.15) is 0 Å². The van der Waals surface area contributed by atoms with Crippen LogP contribution in [0.15, 0.2) is 30.3 Å². The van der Waals surface area contributed by atoms with Gasteiger partial charge in [0, 0.05) is 13.0 Å². The Kier molecular flexibility index (Phi) is 8.36. The summed E-state index contributed by atoms with van der Waals surface area (Å²) in [6.45, 7) is 2.48. The third-order valence-electron chi connectivity index (χ3n) is 3.04. The van der Waals surface area contributed by atoms with Crippen LogP contribution in [0.3, 0.4) is 0 Å². The van der Waals surface area contributed by atoms with Crippen molar-refractivity contribution in [2.45, 2.75) is 25.4 Å². The van der Waals surface area contributed by atoms with Crippen LogP contribution in [0.25, 0.3) is 0 Å². The van der Waals surface area contributed by atoms with E-state index >= 15 is 0 Å². The maximum atomic E-state index is 13.0. The summed E-state index contributed by atoms with van der Waals surface area (Å²) in [5.74, 6) is -2.35. The minimum atomic E-state index is -4.45. The Morgan fingerprint density at radius 2 is 1.86 bits per heavy atom. The average Bonchev–Trinajstić information content (AvgIpc) is 2.41. The largest absolute Gasteiger partial charge is 0.396 e. The second-order valence-electron chi connectivity index (χ2n) is 4.85. The van der Waals surface area contributed by atoms with Crippen molar-refractivity contribution in [2.24, 2.45) is 11.7 Å². The van der Waals surface area contributed by atoms with E-state index in [4.69, 9.17) is 5.73 Å². The highest BCUT2D eigenvalue weighted by atomic mass is 35.5. The number of halogens is 4. The Hall–Kier alpha value is -1.27. The van der Waals surface area contributed by atoms with E-state index in [1.807, 2.05) is 6.92 Å². The van der Waals surface area contributed by atoms with E-state index in [0.717, 1.165) is 0 Å². The maximum absolute atomic E-state index is 13.0. The van der Waals surface area contributed by atoms with Crippen LogP contribution in [0.1, 0.15) is 24.8 Å². The Morgan fingerprint density at radius 1 is 1.29 bits per heavy atom. The Bertz CT molecular complexity index is 426. The summed E-state index contributed by atoms with van der Waals surface area (Å²) in [4.78, 5) is 11.6. The van der Waals surface area contributed by atoms with Crippen molar-refractivity contribution < 1.29 is 18.0 Å². The average molecular weight is 325 g/mol. The standard InChI is InChI=1S/C14H19F3N2O.ClH/c1-10(8-18)9-19-13(20)7-12(14(15,16)17)11-5-3-2-4-6-11;/h2-6,10,12H,7-9,18H2,1H3,(H,19,20);1H. The van der Waals surface area contributed by atoms with Gasteiger partial charge < -0.3 is 11.1 Å². The van der Waals surface area contributed by atoms with Crippen molar-refractivity contribution in [2.75, 3.05) is 13.1 Å². The van der Waals surface area contributed by atoms with Gasteiger partial charge in [-0.05, 0) is 18.0 Å². The minimum absolute atomic E-state index is 0. The number of carbonyl (C=O) groups is 1. The molecular weight excluding hydrogens is 305 g/mol. The third-order valence-corrected chi connectivity index (χ3v) is 3.04. The topological polar surface area (TPSA) is 55.1 Å². The van der Waals surface area contributed by atoms with E-state index in [1.54, 1.807) is 6.07 Å². The Labute approximate surface area is 128 Å². The SMILES string of the molecule is CC(CN)CNC(=O)CC(c1ccccc1)C(F)(F)F.Cl. The van der Waals surface area contributed by atoms with Gasteiger partial charge in [-0.3, -0.25) is 4.79 Å². The molecule has 0 saturated heterocycles. The van der Waals surface area contributed by atoms with Gasteiger partial charge in [-0.2, -0.15) is 13.2 Å². The van der Waals surface area contributed by atoms with Gasteiger partial charge in [-0.15, -0.1) is 12.4 Å². The lowest BCUT2D eigenvalue weighted by Gasteiger charge is -2.20. The summed E-state index contributed by atoms with van der Waals surface area (Å²) in [7, 11) is 0. The molecule has 0 aliphatic carbocycles. The van der Waals surface area contributed by atoms with Gasteiger partial charge in [0.05, 0.1) is 5.92 Å². The molecule has 1 amide bonds. The van der Waals surface area contributed by atoms with Crippen LogP contribution in [0.4, 0.5) is 13.2 Å². The highest BCUT2D eigenvalue weighted by Gasteiger charge is 2.41. The number of hydrogen-bond acceptors (Lipinski definition) is 2. The van der Waals surface area contributed by atoms with Crippen molar-refractivity contribution in [3.8, 4) is 0 Å². The van der Waals surface area contributed by atoms with E-state index in [2.05, 4.69) is 5.32 Å². The molecule has 3 N–H and O–H groups in total. The van der Waals surface area contributed by atoms with Crippen LogP contribution in [0.2, 0.25) is 0 Å². The number of nitrogens with two attached hydrogens (primary N) is 1. The van der Waals surface area contributed by atoms with Crippen LogP contribution in [-0.4, -0.2) is 25.2 Å². The lowest BCUT2D eigenvalue weighted by molar-refractivity contribution is -0.157. The molecule has 0 aliphatic rings. The summed E-state index contributed by atoms with van der Waals surface area (Å²) in [5, 5.41) is 2.49. The van der Waals surface area contributed by atoms with Crippen molar-refractivity contribution >= 4 is 18.3 Å². The van der Waals surface area contributed by atoms with Gasteiger partial charge in [-0.25, -0.2) is 0 Å². The zero-order valence-corrected chi connectivity index (χ0v) is 12.5. The minimum Gasteiger partial charge on any atom is -0.356 e. The summed E-state index contributed by atoms with van der Waals surface area (Å²) >= 11 is 0. The van der Waals surface area contributed by atoms with Crippen molar-refractivity contribution in [3.63, 3.8) is 0 Å². The first-order valence-electron chi connectivity index (χ1n) is 6.43. The molecular formula is C14H20ClF3N2O. The van der Waals surface area contributed by atoms with Gasteiger partial charge in [0.15, 0.2) is 0 Å². The van der Waals surface area contributed by atoms with Crippen LogP contribution in [0.5, 0.6) is 0 Å². The maximum Gasteiger partial charge on any atom is 0.396 e. The summed E-state index contributed by atoms with van der Waals surface area (Å²) < 4.78 is 39.1. The molecule has 0 bridgehead atoms. The predicted octanol–water partition coefficient (Wildman–Crippen LogP) is 2.86. The predicted molar refractivity (Wildman–Crippen MR) is 78.3 cm³/mol. The molecule has 7 heteroatoms. The first-order chi connectivity index (χ1) is 9.34. The molecule has 120 valence electrons. The Morgan fingerprint density at radius 3 is 2.33 bits per heavy atom. The molecule has 0 spiro atoms. The third kappa shape index (κ3) is 6.82. The normalized spacial score (nSPS) is 14.0. The second-order valence-corrected chi connectivity index (χ2v) is 4.85. The highest BCUT2D eigenvalue weighted by Crippen LogP contribution is 2.37. The number of rotatable bonds is 6.